The van der Waals surface area contributed by atoms with Crippen LogP contribution in [0.3, 0.4) is 0 Å². The predicted octanol–water partition coefficient (Wildman–Crippen LogP) is -0.573. The average molecular weight is 194 g/mol. The highest BCUT2D eigenvalue weighted by Crippen LogP contribution is 2.04. The maximum Gasteiger partial charge on any atom is 0.335 e. The third-order valence-electron chi connectivity index (χ3n) is 2.10. The number of hydrogen-bond donors (Lipinski definition) is 1. The molecule has 12 heavy (non-hydrogen) atoms. The number of piperazine rings is 1. The van der Waals surface area contributed by atoms with Crippen LogP contribution < -0.4 is 0 Å². The van der Waals surface area contributed by atoms with Gasteiger partial charge < -0.3 is 4.90 Å². The molecule has 0 aromatic rings. The Labute approximate surface area is 72.8 Å². The maximum atomic E-state index is 10.6. The third-order valence-corrected chi connectivity index (χ3v) is 3.12. The van der Waals surface area contributed by atoms with Crippen molar-refractivity contribution in [2.24, 2.45) is 0 Å². The topological polar surface area (TPSA) is 60.9 Å². The van der Waals surface area contributed by atoms with Crippen molar-refractivity contribution in [1.29, 1.82) is 0 Å². The second kappa shape index (κ2) is 3.69. The van der Waals surface area contributed by atoms with Gasteiger partial charge in [0.15, 0.2) is 0 Å². The van der Waals surface area contributed by atoms with Crippen molar-refractivity contribution < 1.29 is 13.0 Å². The summed E-state index contributed by atoms with van der Waals surface area (Å²) >= 11 is 0. The fourth-order valence-corrected chi connectivity index (χ4v) is 1.90. The van der Waals surface area contributed by atoms with Gasteiger partial charge in [-0.2, -0.15) is 12.7 Å². The molecule has 6 heteroatoms. The van der Waals surface area contributed by atoms with Gasteiger partial charge in [0.25, 0.3) is 0 Å². The largest absolute Gasteiger partial charge is 0.335 e. The lowest BCUT2D eigenvalue weighted by molar-refractivity contribution is 0.187. The zero-order valence-corrected chi connectivity index (χ0v) is 7.92. The summed E-state index contributed by atoms with van der Waals surface area (Å²) in [7, 11) is -3.95. The van der Waals surface area contributed by atoms with Crippen molar-refractivity contribution in [3.8, 4) is 0 Å². The Bertz CT molecular complexity index is 231. The van der Waals surface area contributed by atoms with Crippen molar-refractivity contribution >= 4 is 10.3 Å². The van der Waals surface area contributed by atoms with Gasteiger partial charge in [-0.25, -0.2) is 0 Å². The molecule has 0 spiro atoms. The van der Waals surface area contributed by atoms with Crippen LogP contribution in [0.2, 0.25) is 0 Å². The molecular formula is C6H14N2O3S. The first-order valence-electron chi connectivity index (χ1n) is 3.99. The van der Waals surface area contributed by atoms with E-state index in [0.29, 0.717) is 26.2 Å². The molecule has 0 aromatic heterocycles. The SMILES string of the molecule is CCN1CCN(S(=O)(=O)O)CC1. The van der Waals surface area contributed by atoms with Crippen LogP contribution in [0, 0.1) is 0 Å². The molecule has 1 fully saturated rings. The highest BCUT2D eigenvalue weighted by Gasteiger charge is 2.23. The van der Waals surface area contributed by atoms with Crippen LogP contribution >= 0.6 is 0 Å². The lowest BCUT2D eigenvalue weighted by atomic mass is 10.4. The van der Waals surface area contributed by atoms with Gasteiger partial charge in [-0.05, 0) is 6.54 Å². The van der Waals surface area contributed by atoms with Crippen LogP contribution in [0.25, 0.3) is 0 Å². The molecule has 1 aliphatic rings. The quantitative estimate of drug-likeness (QED) is 0.598. The molecule has 0 unspecified atom stereocenters. The van der Waals surface area contributed by atoms with E-state index < -0.39 is 10.3 Å². The molecule has 1 saturated heterocycles. The van der Waals surface area contributed by atoms with Crippen molar-refractivity contribution in [1.82, 2.24) is 9.21 Å². The van der Waals surface area contributed by atoms with Crippen LogP contribution in [-0.4, -0.2) is 54.9 Å². The summed E-state index contributed by atoms with van der Waals surface area (Å²) in [6.45, 7) is 5.16. The lowest BCUT2D eigenvalue weighted by Crippen LogP contribution is -2.48. The summed E-state index contributed by atoms with van der Waals surface area (Å²) < 4.78 is 31.1. The van der Waals surface area contributed by atoms with Gasteiger partial charge in [0.2, 0.25) is 0 Å². The van der Waals surface area contributed by atoms with E-state index >= 15 is 0 Å². The van der Waals surface area contributed by atoms with Gasteiger partial charge in [0, 0.05) is 26.2 Å². The molecule has 72 valence electrons. The summed E-state index contributed by atoms with van der Waals surface area (Å²) in [6, 6.07) is 0. The number of rotatable bonds is 2. The van der Waals surface area contributed by atoms with Crippen LogP contribution in [0.1, 0.15) is 6.92 Å². The zero-order valence-electron chi connectivity index (χ0n) is 7.10. The first kappa shape index (κ1) is 9.91. The highest BCUT2D eigenvalue weighted by atomic mass is 32.2. The van der Waals surface area contributed by atoms with Crippen LogP contribution in [0.15, 0.2) is 0 Å². The molecule has 1 rings (SSSR count). The summed E-state index contributed by atoms with van der Waals surface area (Å²) in [5.41, 5.74) is 0. The Morgan fingerprint density at radius 1 is 1.25 bits per heavy atom. The molecule has 1 heterocycles. The number of hydrogen-bond acceptors (Lipinski definition) is 3. The standard InChI is InChI=1S/C6H14N2O3S/c1-2-7-3-5-8(6-4-7)12(9,10)11/h2-6H2,1H3,(H,9,10,11). The molecular weight excluding hydrogens is 180 g/mol. The van der Waals surface area contributed by atoms with Gasteiger partial charge in [0.05, 0.1) is 0 Å². The molecule has 0 amide bonds. The lowest BCUT2D eigenvalue weighted by Gasteiger charge is -2.31. The third kappa shape index (κ3) is 2.41. The second-order valence-corrected chi connectivity index (χ2v) is 4.22. The van der Waals surface area contributed by atoms with E-state index in [2.05, 4.69) is 4.90 Å². The Morgan fingerprint density at radius 2 is 1.75 bits per heavy atom. The van der Waals surface area contributed by atoms with E-state index in [-0.39, 0.29) is 0 Å². The molecule has 1 N–H and O–H groups in total. The smallest absolute Gasteiger partial charge is 0.301 e. The molecule has 0 atom stereocenters. The van der Waals surface area contributed by atoms with E-state index in [0.717, 1.165) is 10.8 Å². The zero-order chi connectivity index (χ0) is 9.19. The normalized spacial score (nSPS) is 22.8. The van der Waals surface area contributed by atoms with Crippen molar-refractivity contribution in [2.45, 2.75) is 6.92 Å². The Hall–Kier alpha value is -0.170. The number of nitrogens with zero attached hydrogens (tertiary/aromatic N) is 2. The summed E-state index contributed by atoms with van der Waals surface area (Å²) in [6.07, 6.45) is 0. The Morgan fingerprint density at radius 3 is 2.08 bits per heavy atom. The molecule has 0 radical (unpaired) electrons. The van der Waals surface area contributed by atoms with Crippen LogP contribution in [0.4, 0.5) is 0 Å². The van der Waals surface area contributed by atoms with Crippen molar-refractivity contribution in [3.05, 3.63) is 0 Å². The Balaban J connectivity index is 2.47. The van der Waals surface area contributed by atoms with Crippen molar-refractivity contribution in [3.63, 3.8) is 0 Å². The summed E-state index contributed by atoms with van der Waals surface area (Å²) in [4.78, 5) is 2.14. The Kier molecular flexibility index (Phi) is 3.05. The number of likely N-dealkylation sites (N-methyl/N-ethyl adjacent to an activating group) is 1. The van der Waals surface area contributed by atoms with Gasteiger partial charge in [0.1, 0.15) is 0 Å². The predicted molar refractivity (Wildman–Crippen MR) is 45.2 cm³/mol. The summed E-state index contributed by atoms with van der Waals surface area (Å²) in [5, 5.41) is 0. The van der Waals surface area contributed by atoms with E-state index in [9.17, 15) is 8.42 Å². The molecule has 0 aliphatic carbocycles. The molecule has 0 saturated carbocycles. The minimum Gasteiger partial charge on any atom is -0.301 e. The van der Waals surface area contributed by atoms with E-state index in [1.54, 1.807) is 0 Å². The van der Waals surface area contributed by atoms with Gasteiger partial charge >= 0.3 is 10.3 Å². The second-order valence-electron chi connectivity index (χ2n) is 2.81. The molecule has 1 aliphatic heterocycles. The molecule has 5 nitrogen and oxygen atoms in total. The van der Waals surface area contributed by atoms with E-state index in [1.807, 2.05) is 6.92 Å². The highest BCUT2D eigenvalue weighted by molar-refractivity contribution is 7.83. The molecule has 0 aromatic carbocycles. The van der Waals surface area contributed by atoms with Gasteiger partial charge in [-0.1, -0.05) is 6.92 Å². The van der Waals surface area contributed by atoms with Crippen molar-refractivity contribution in [2.75, 3.05) is 32.7 Å². The fourth-order valence-electron chi connectivity index (χ4n) is 1.28. The maximum absolute atomic E-state index is 10.6. The average Bonchev–Trinajstić information content (AvgIpc) is 2.03. The summed E-state index contributed by atoms with van der Waals surface area (Å²) in [5.74, 6) is 0. The van der Waals surface area contributed by atoms with Gasteiger partial charge in [-0.15, -0.1) is 0 Å². The molecule has 0 bridgehead atoms. The monoisotopic (exact) mass is 194 g/mol. The minimum absolute atomic E-state index is 0.396. The minimum atomic E-state index is -3.95. The van der Waals surface area contributed by atoms with E-state index in [1.165, 1.54) is 0 Å². The first-order chi connectivity index (χ1) is 5.54. The van der Waals surface area contributed by atoms with Crippen LogP contribution in [0.5, 0.6) is 0 Å². The van der Waals surface area contributed by atoms with Crippen LogP contribution in [-0.2, 0) is 10.3 Å². The van der Waals surface area contributed by atoms with E-state index in [4.69, 9.17) is 4.55 Å². The fraction of sp³-hybridized carbons (Fsp3) is 1.00. The van der Waals surface area contributed by atoms with Gasteiger partial charge in [-0.3, -0.25) is 4.55 Å². The first-order valence-corrected chi connectivity index (χ1v) is 5.38.